The number of hydrogen-bond donors (Lipinski definition) is 1. The van der Waals surface area contributed by atoms with Crippen LogP contribution >= 0.6 is 0 Å². The van der Waals surface area contributed by atoms with Gasteiger partial charge in [-0.2, -0.15) is 31.4 Å². The van der Waals surface area contributed by atoms with Gasteiger partial charge in [-0.05, 0) is 18.2 Å². The first-order valence-corrected chi connectivity index (χ1v) is 6.09. The standard InChI is InChI=1S/C13H7F6N3O2/c14-12(15,16)8-3-7(4-9(5-8)13(17,18)19)11-20-6-21-22(11)2-1-10(23)24/h1-6H,(H,23,24)/b2-1-. The number of carboxylic acids is 1. The molecule has 128 valence electrons. The quantitative estimate of drug-likeness (QED) is 0.678. The largest absolute Gasteiger partial charge is 0.478 e. The van der Waals surface area contributed by atoms with Gasteiger partial charge in [0.2, 0.25) is 0 Å². The van der Waals surface area contributed by atoms with Gasteiger partial charge < -0.3 is 5.11 Å². The zero-order valence-electron chi connectivity index (χ0n) is 11.4. The van der Waals surface area contributed by atoms with Crippen molar-refractivity contribution in [3.05, 3.63) is 41.7 Å². The van der Waals surface area contributed by atoms with E-state index in [2.05, 4.69) is 10.1 Å². The van der Waals surface area contributed by atoms with Gasteiger partial charge in [-0.3, -0.25) is 0 Å². The molecule has 2 aromatic rings. The Balaban J connectivity index is 2.63. The number of aromatic nitrogens is 3. The van der Waals surface area contributed by atoms with E-state index in [1.54, 1.807) is 0 Å². The van der Waals surface area contributed by atoms with E-state index in [9.17, 15) is 31.1 Å². The second kappa shape index (κ2) is 5.98. The molecule has 0 amide bonds. The summed E-state index contributed by atoms with van der Waals surface area (Å²) < 4.78 is 77.7. The van der Waals surface area contributed by atoms with E-state index in [-0.39, 0.29) is 11.9 Å². The molecular weight excluding hydrogens is 344 g/mol. The zero-order valence-corrected chi connectivity index (χ0v) is 11.4. The third-order valence-corrected chi connectivity index (χ3v) is 2.78. The summed E-state index contributed by atoms with van der Waals surface area (Å²) >= 11 is 0. The van der Waals surface area contributed by atoms with Gasteiger partial charge in [0, 0.05) is 17.8 Å². The number of hydrogen-bond acceptors (Lipinski definition) is 3. The molecule has 0 spiro atoms. The maximum absolute atomic E-state index is 12.8. The first-order valence-electron chi connectivity index (χ1n) is 6.09. The minimum Gasteiger partial charge on any atom is -0.478 e. The highest BCUT2D eigenvalue weighted by atomic mass is 19.4. The van der Waals surface area contributed by atoms with Crippen LogP contribution in [0, 0.1) is 0 Å². The Kier molecular flexibility index (Phi) is 4.36. The molecule has 0 saturated carbocycles. The van der Waals surface area contributed by atoms with Crippen molar-refractivity contribution in [1.29, 1.82) is 0 Å². The molecule has 0 aliphatic rings. The smallest absolute Gasteiger partial charge is 0.416 e. The Morgan fingerprint density at radius 3 is 2.04 bits per heavy atom. The Labute approximate surface area is 129 Å². The summed E-state index contributed by atoms with van der Waals surface area (Å²) in [7, 11) is 0. The minimum absolute atomic E-state index is 0.0166. The number of nitrogens with zero attached hydrogens (tertiary/aromatic N) is 3. The van der Waals surface area contributed by atoms with Crippen LogP contribution in [-0.4, -0.2) is 25.8 Å². The fourth-order valence-electron chi connectivity index (χ4n) is 1.78. The number of carboxylic acid groups (broad SMARTS) is 1. The molecule has 1 aromatic carbocycles. The monoisotopic (exact) mass is 351 g/mol. The molecule has 11 heteroatoms. The van der Waals surface area contributed by atoms with Gasteiger partial charge in [0.05, 0.1) is 11.1 Å². The Morgan fingerprint density at radius 2 is 1.58 bits per heavy atom. The molecular formula is C13H7F6N3O2. The molecule has 0 radical (unpaired) electrons. The summed E-state index contributed by atoms with van der Waals surface area (Å²) in [5.74, 6) is -1.75. The number of rotatable bonds is 3. The molecule has 0 aliphatic carbocycles. The van der Waals surface area contributed by atoms with E-state index in [1.165, 1.54) is 0 Å². The third-order valence-electron chi connectivity index (χ3n) is 2.78. The van der Waals surface area contributed by atoms with E-state index < -0.39 is 35.0 Å². The average Bonchev–Trinajstić information content (AvgIpc) is 2.91. The van der Waals surface area contributed by atoms with Crippen LogP contribution in [0.15, 0.2) is 30.6 Å². The van der Waals surface area contributed by atoms with Gasteiger partial charge in [-0.25, -0.2) is 14.5 Å². The fourth-order valence-corrected chi connectivity index (χ4v) is 1.78. The lowest BCUT2D eigenvalue weighted by molar-refractivity contribution is -0.143. The van der Waals surface area contributed by atoms with Crippen molar-refractivity contribution in [2.45, 2.75) is 12.4 Å². The van der Waals surface area contributed by atoms with Crippen LogP contribution in [0.3, 0.4) is 0 Å². The fraction of sp³-hybridized carbons (Fsp3) is 0.154. The molecule has 1 heterocycles. The highest BCUT2D eigenvalue weighted by molar-refractivity contribution is 5.83. The Hall–Kier alpha value is -2.85. The number of halogens is 6. The van der Waals surface area contributed by atoms with Crippen molar-refractivity contribution in [3.63, 3.8) is 0 Å². The van der Waals surface area contributed by atoms with Crippen LogP contribution in [0.1, 0.15) is 11.1 Å². The summed E-state index contributed by atoms with van der Waals surface area (Å²) in [4.78, 5) is 14.1. The van der Waals surface area contributed by atoms with E-state index in [1.807, 2.05) is 0 Å². The third kappa shape index (κ3) is 3.91. The highest BCUT2D eigenvalue weighted by Crippen LogP contribution is 2.38. The number of benzene rings is 1. The first kappa shape index (κ1) is 17.5. The van der Waals surface area contributed by atoms with Crippen molar-refractivity contribution < 1.29 is 36.2 Å². The van der Waals surface area contributed by atoms with Gasteiger partial charge in [-0.1, -0.05) is 0 Å². The molecule has 0 unspecified atom stereocenters. The van der Waals surface area contributed by atoms with Gasteiger partial charge in [0.15, 0.2) is 5.82 Å². The Morgan fingerprint density at radius 1 is 1.04 bits per heavy atom. The molecule has 2 rings (SSSR count). The topological polar surface area (TPSA) is 68.0 Å². The van der Waals surface area contributed by atoms with Crippen LogP contribution in [0.25, 0.3) is 17.6 Å². The lowest BCUT2D eigenvalue weighted by Gasteiger charge is -2.13. The molecule has 0 bridgehead atoms. The summed E-state index contributed by atoms with van der Waals surface area (Å²) in [5, 5.41) is 12.1. The lowest BCUT2D eigenvalue weighted by atomic mass is 10.0. The average molecular weight is 351 g/mol. The van der Waals surface area contributed by atoms with E-state index >= 15 is 0 Å². The van der Waals surface area contributed by atoms with E-state index in [4.69, 9.17) is 5.11 Å². The summed E-state index contributed by atoms with van der Waals surface area (Å²) in [6.45, 7) is 0. The lowest BCUT2D eigenvalue weighted by Crippen LogP contribution is -2.11. The molecule has 0 saturated heterocycles. The minimum atomic E-state index is -5.00. The zero-order chi connectivity index (χ0) is 18.1. The number of aliphatic carboxylic acids is 1. The van der Waals surface area contributed by atoms with Crippen LogP contribution < -0.4 is 0 Å². The van der Waals surface area contributed by atoms with E-state index in [0.717, 1.165) is 17.2 Å². The van der Waals surface area contributed by atoms with Crippen molar-refractivity contribution in [3.8, 4) is 11.4 Å². The predicted molar refractivity (Wildman–Crippen MR) is 68.4 cm³/mol. The Bertz CT molecular complexity index is 759. The van der Waals surface area contributed by atoms with Gasteiger partial charge in [0.1, 0.15) is 6.33 Å². The van der Waals surface area contributed by atoms with Crippen molar-refractivity contribution in [2.75, 3.05) is 0 Å². The van der Waals surface area contributed by atoms with Crippen LogP contribution in [0.2, 0.25) is 0 Å². The SMILES string of the molecule is O=C(O)/C=C\n1ncnc1-c1cc(C(F)(F)F)cc(C(F)(F)F)c1. The molecule has 1 aromatic heterocycles. The summed E-state index contributed by atoms with van der Waals surface area (Å²) in [5.41, 5.74) is -3.53. The van der Waals surface area contributed by atoms with Gasteiger partial charge in [0.25, 0.3) is 0 Å². The second-order valence-electron chi connectivity index (χ2n) is 4.48. The van der Waals surface area contributed by atoms with Crippen molar-refractivity contribution >= 4 is 12.2 Å². The molecule has 0 atom stereocenters. The van der Waals surface area contributed by atoms with Crippen LogP contribution in [0.5, 0.6) is 0 Å². The molecule has 0 aliphatic heterocycles. The molecule has 5 nitrogen and oxygen atoms in total. The summed E-state index contributed by atoms with van der Waals surface area (Å²) in [6.07, 6.45) is -7.68. The maximum Gasteiger partial charge on any atom is 0.416 e. The second-order valence-corrected chi connectivity index (χ2v) is 4.48. The van der Waals surface area contributed by atoms with Crippen LogP contribution in [-0.2, 0) is 17.1 Å². The number of alkyl halides is 6. The predicted octanol–water partition coefficient (Wildman–Crippen LogP) is 3.54. The molecule has 0 fully saturated rings. The molecule has 1 N–H and O–H groups in total. The van der Waals surface area contributed by atoms with Gasteiger partial charge in [-0.15, -0.1) is 0 Å². The van der Waals surface area contributed by atoms with Crippen LogP contribution in [0.4, 0.5) is 26.3 Å². The van der Waals surface area contributed by atoms with Crippen molar-refractivity contribution in [2.24, 2.45) is 0 Å². The number of carbonyl (C=O) groups is 1. The van der Waals surface area contributed by atoms with E-state index in [0.29, 0.717) is 18.2 Å². The molecule has 24 heavy (non-hydrogen) atoms. The maximum atomic E-state index is 12.8. The highest BCUT2D eigenvalue weighted by Gasteiger charge is 2.37. The van der Waals surface area contributed by atoms with Crippen molar-refractivity contribution in [1.82, 2.24) is 14.8 Å². The first-order chi connectivity index (χ1) is 11.0. The van der Waals surface area contributed by atoms with Gasteiger partial charge >= 0.3 is 18.3 Å². The normalized spacial score (nSPS) is 12.8. The summed E-state index contributed by atoms with van der Waals surface area (Å²) in [6, 6.07) is 0.937.